The summed E-state index contributed by atoms with van der Waals surface area (Å²) in [7, 11) is 1.54. The quantitative estimate of drug-likeness (QED) is 0.783. The number of rotatable bonds is 5. The second-order valence-electron chi connectivity index (χ2n) is 5.17. The van der Waals surface area contributed by atoms with Crippen LogP contribution in [-0.2, 0) is 0 Å². The minimum absolute atomic E-state index is 0.0346. The summed E-state index contributed by atoms with van der Waals surface area (Å²) < 4.78 is 5.03. The Bertz CT molecular complexity index is 475. The second kappa shape index (κ2) is 6.81. The topological polar surface area (TPSA) is 70.6 Å². The number of methoxy groups -OCH3 is 1. The lowest BCUT2D eigenvalue weighted by atomic mass is 9.93. The van der Waals surface area contributed by atoms with Crippen LogP contribution in [0.5, 0.6) is 5.75 Å². The first-order valence-corrected chi connectivity index (χ1v) is 6.75. The Balaban J connectivity index is 2.59. The summed E-state index contributed by atoms with van der Waals surface area (Å²) >= 11 is 6.02. The van der Waals surface area contributed by atoms with Gasteiger partial charge in [0.25, 0.3) is 0 Å². The summed E-state index contributed by atoms with van der Waals surface area (Å²) in [4.78, 5) is 11.8. The fourth-order valence-corrected chi connectivity index (χ4v) is 1.57. The maximum atomic E-state index is 11.8. The van der Waals surface area contributed by atoms with Crippen molar-refractivity contribution in [1.29, 1.82) is 0 Å². The summed E-state index contributed by atoms with van der Waals surface area (Å²) in [5.41, 5.74) is -0.477. The Morgan fingerprint density at radius 2 is 2.15 bits per heavy atom. The fourth-order valence-electron chi connectivity index (χ4n) is 1.35. The number of hydrogen-bond acceptors (Lipinski definition) is 3. The minimum atomic E-state index is -0.957. The summed E-state index contributed by atoms with van der Waals surface area (Å²) in [5, 5.41) is 15.7. The summed E-state index contributed by atoms with van der Waals surface area (Å²) in [6, 6.07) is 4.55. The predicted molar refractivity (Wildman–Crippen MR) is 80.5 cm³/mol. The zero-order valence-corrected chi connectivity index (χ0v) is 12.9. The molecular weight excluding hydrogens is 280 g/mol. The average molecular weight is 301 g/mol. The van der Waals surface area contributed by atoms with Gasteiger partial charge in [0.2, 0.25) is 0 Å². The molecule has 2 amide bonds. The van der Waals surface area contributed by atoms with Crippen molar-refractivity contribution >= 4 is 23.3 Å². The van der Waals surface area contributed by atoms with Gasteiger partial charge in [-0.2, -0.15) is 0 Å². The normalized spacial score (nSPS) is 13.8. The lowest BCUT2D eigenvalue weighted by molar-refractivity contribution is 0.0170. The molecule has 0 aromatic heterocycles. The van der Waals surface area contributed by atoms with E-state index < -0.39 is 11.6 Å². The fraction of sp³-hybridized carbons (Fsp3) is 0.500. The maximum Gasteiger partial charge on any atom is 0.319 e. The number of amides is 2. The maximum absolute atomic E-state index is 11.8. The zero-order chi connectivity index (χ0) is 15.3. The molecule has 1 rings (SSSR count). The number of ether oxygens (including phenoxy) is 1. The van der Waals surface area contributed by atoms with Crippen LogP contribution >= 0.6 is 11.6 Å². The molecule has 0 aliphatic rings. The van der Waals surface area contributed by atoms with E-state index in [1.54, 1.807) is 32.2 Å². The molecule has 0 radical (unpaired) electrons. The van der Waals surface area contributed by atoms with Gasteiger partial charge < -0.3 is 20.5 Å². The Kier molecular flexibility index (Phi) is 5.65. The first kappa shape index (κ1) is 16.6. The van der Waals surface area contributed by atoms with Gasteiger partial charge in [0.05, 0.1) is 23.4 Å². The monoisotopic (exact) mass is 300 g/mol. The Morgan fingerprint density at radius 1 is 1.50 bits per heavy atom. The standard InChI is InChI=1S/C14H21ClN2O3/c1-9(2)14(3,19)8-16-13(18)17-12-6-5-10(20-4)7-11(12)15/h5-7,9,19H,8H2,1-4H3,(H2,16,17,18). The number of halogens is 1. The molecule has 0 spiro atoms. The molecule has 1 unspecified atom stereocenters. The molecule has 0 saturated heterocycles. The predicted octanol–water partition coefficient (Wildman–Crippen LogP) is 2.88. The van der Waals surface area contributed by atoms with Crippen molar-refractivity contribution in [2.45, 2.75) is 26.4 Å². The van der Waals surface area contributed by atoms with E-state index in [-0.39, 0.29) is 12.5 Å². The molecule has 0 heterocycles. The van der Waals surface area contributed by atoms with Gasteiger partial charge in [-0.25, -0.2) is 4.79 Å². The molecule has 0 bridgehead atoms. The average Bonchev–Trinajstić information content (AvgIpc) is 2.38. The van der Waals surface area contributed by atoms with Crippen LogP contribution < -0.4 is 15.4 Å². The van der Waals surface area contributed by atoms with Crippen molar-refractivity contribution in [1.82, 2.24) is 5.32 Å². The molecule has 6 heteroatoms. The number of nitrogens with one attached hydrogen (secondary N) is 2. The van der Waals surface area contributed by atoms with Crippen LogP contribution in [0.1, 0.15) is 20.8 Å². The van der Waals surface area contributed by atoms with Crippen molar-refractivity contribution in [2.75, 3.05) is 19.0 Å². The van der Waals surface area contributed by atoms with Crippen LogP contribution in [0.2, 0.25) is 5.02 Å². The number of hydrogen-bond donors (Lipinski definition) is 3. The van der Waals surface area contributed by atoms with Crippen molar-refractivity contribution in [3.8, 4) is 5.75 Å². The lowest BCUT2D eigenvalue weighted by Gasteiger charge is -2.27. The highest BCUT2D eigenvalue weighted by Gasteiger charge is 2.25. The summed E-state index contributed by atoms with van der Waals surface area (Å²) in [6.45, 7) is 5.61. The van der Waals surface area contributed by atoms with Crippen molar-refractivity contribution < 1.29 is 14.6 Å². The lowest BCUT2D eigenvalue weighted by Crippen LogP contribution is -2.45. The molecule has 0 saturated carbocycles. The van der Waals surface area contributed by atoms with E-state index in [1.165, 1.54) is 0 Å². The number of carbonyl (C=O) groups excluding carboxylic acids is 1. The van der Waals surface area contributed by atoms with Crippen LogP contribution in [0.15, 0.2) is 18.2 Å². The van der Waals surface area contributed by atoms with Gasteiger partial charge in [0.1, 0.15) is 5.75 Å². The molecular formula is C14H21ClN2O3. The summed E-state index contributed by atoms with van der Waals surface area (Å²) in [6.07, 6.45) is 0. The third-order valence-corrected chi connectivity index (χ3v) is 3.59. The molecule has 0 aliphatic heterocycles. The van der Waals surface area contributed by atoms with Crippen molar-refractivity contribution in [3.05, 3.63) is 23.2 Å². The summed E-state index contributed by atoms with van der Waals surface area (Å²) in [5.74, 6) is 0.649. The van der Waals surface area contributed by atoms with Crippen LogP contribution in [0.25, 0.3) is 0 Å². The van der Waals surface area contributed by atoms with Crippen LogP contribution in [0, 0.1) is 5.92 Å². The molecule has 0 aliphatic carbocycles. The second-order valence-corrected chi connectivity index (χ2v) is 5.57. The van der Waals surface area contributed by atoms with Gasteiger partial charge in [-0.3, -0.25) is 0 Å². The number of anilines is 1. The highest BCUT2D eigenvalue weighted by Crippen LogP contribution is 2.26. The van der Waals surface area contributed by atoms with Crippen LogP contribution in [-0.4, -0.2) is 30.4 Å². The number of carbonyl (C=O) groups is 1. The van der Waals surface area contributed by atoms with E-state index in [4.69, 9.17) is 16.3 Å². The first-order chi connectivity index (χ1) is 9.26. The van der Waals surface area contributed by atoms with E-state index in [1.807, 2.05) is 13.8 Å². The Labute approximate surface area is 124 Å². The molecule has 1 aromatic carbocycles. The van der Waals surface area contributed by atoms with Crippen molar-refractivity contribution in [3.63, 3.8) is 0 Å². The largest absolute Gasteiger partial charge is 0.497 e. The molecule has 3 N–H and O–H groups in total. The van der Waals surface area contributed by atoms with Crippen LogP contribution in [0.4, 0.5) is 10.5 Å². The van der Waals surface area contributed by atoms with Gasteiger partial charge in [-0.15, -0.1) is 0 Å². The smallest absolute Gasteiger partial charge is 0.319 e. The third kappa shape index (κ3) is 4.58. The van der Waals surface area contributed by atoms with Gasteiger partial charge in [-0.05, 0) is 25.0 Å². The van der Waals surface area contributed by atoms with E-state index in [0.29, 0.717) is 16.5 Å². The van der Waals surface area contributed by atoms with E-state index in [9.17, 15) is 9.90 Å². The molecule has 1 atom stereocenters. The van der Waals surface area contributed by atoms with Gasteiger partial charge in [0.15, 0.2) is 0 Å². The van der Waals surface area contributed by atoms with Gasteiger partial charge >= 0.3 is 6.03 Å². The molecule has 20 heavy (non-hydrogen) atoms. The Hall–Kier alpha value is -1.46. The minimum Gasteiger partial charge on any atom is -0.497 e. The number of urea groups is 1. The third-order valence-electron chi connectivity index (χ3n) is 3.28. The highest BCUT2D eigenvalue weighted by atomic mass is 35.5. The number of aliphatic hydroxyl groups is 1. The molecule has 112 valence electrons. The number of benzene rings is 1. The van der Waals surface area contributed by atoms with E-state index >= 15 is 0 Å². The van der Waals surface area contributed by atoms with Gasteiger partial charge in [0, 0.05) is 12.6 Å². The highest BCUT2D eigenvalue weighted by molar-refractivity contribution is 6.33. The SMILES string of the molecule is COc1ccc(NC(=O)NCC(C)(O)C(C)C)c(Cl)c1. The molecule has 0 fully saturated rings. The first-order valence-electron chi connectivity index (χ1n) is 6.37. The Morgan fingerprint density at radius 3 is 2.65 bits per heavy atom. The molecule has 1 aromatic rings. The van der Waals surface area contributed by atoms with E-state index in [0.717, 1.165) is 0 Å². The van der Waals surface area contributed by atoms with Crippen LogP contribution in [0.3, 0.4) is 0 Å². The van der Waals surface area contributed by atoms with E-state index in [2.05, 4.69) is 10.6 Å². The zero-order valence-electron chi connectivity index (χ0n) is 12.2. The van der Waals surface area contributed by atoms with Crippen molar-refractivity contribution in [2.24, 2.45) is 5.92 Å². The van der Waals surface area contributed by atoms with Gasteiger partial charge in [-0.1, -0.05) is 25.4 Å². The molecule has 5 nitrogen and oxygen atoms in total.